The minimum atomic E-state index is -0.498. The Morgan fingerprint density at radius 1 is 1.39 bits per heavy atom. The number of hydrogen-bond donors (Lipinski definition) is 1. The maximum atomic E-state index is 12.2. The predicted octanol–water partition coefficient (Wildman–Crippen LogP) is 2.19. The SMILES string of the molecule is C=Cc1c(OC)c(=O)[nH]c2cc(Cl)ccc2c1=O. The zero-order valence-corrected chi connectivity index (χ0v) is 10.4. The van der Waals surface area contributed by atoms with Crippen LogP contribution in [-0.2, 0) is 0 Å². The number of nitrogens with one attached hydrogen (secondary N) is 1. The van der Waals surface area contributed by atoms with E-state index >= 15 is 0 Å². The van der Waals surface area contributed by atoms with E-state index in [4.69, 9.17) is 16.3 Å². The van der Waals surface area contributed by atoms with E-state index in [1.165, 1.54) is 19.3 Å². The topological polar surface area (TPSA) is 59.2 Å². The Bertz CT molecular complexity index is 749. The lowest BCUT2D eigenvalue weighted by Crippen LogP contribution is -2.10. The average molecular weight is 264 g/mol. The molecule has 0 aliphatic carbocycles. The minimum absolute atomic E-state index is 0.0534. The summed E-state index contributed by atoms with van der Waals surface area (Å²) in [5.74, 6) is -0.0534. The lowest BCUT2D eigenvalue weighted by Gasteiger charge is -1.96. The molecule has 0 aliphatic heterocycles. The monoisotopic (exact) mass is 263 g/mol. The van der Waals surface area contributed by atoms with Gasteiger partial charge in [-0.25, -0.2) is 0 Å². The molecule has 0 unspecified atom stereocenters. The van der Waals surface area contributed by atoms with Crippen LogP contribution in [0.5, 0.6) is 5.75 Å². The Kier molecular flexibility index (Phi) is 3.21. The number of methoxy groups -OCH3 is 1. The first kappa shape index (κ1) is 12.4. The largest absolute Gasteiger partial charge is 0.491 e. The summed E-state index contributed by atoms with van der Waals surface area (Å²) in [6.45, 7) is 3.53. The molecule has 0 radical (unpaired) electrons. The summed E-state index contributed by atoms with van der Waals surface area (Å²) in [7, 11) is 1.33. The van der Waals surface area contributed by atoms with Gasteiger partial charge in [-0.1, -0.05) is 24.3 Å². The third kappa shape index (κ3) is 1.91. The summed E-state index contributed by atoms with van der Waals surface area (Å²) in [6.07, 6.45) is 1.31. The Morgan fingerprint density at radius 3 is 2.72 bits per heavy atom. The number of halogens is 1. The molecular formula is C13H10ClNO3. The highest BCUT2D eigenvalue weighted by molar-refractivity contribution is 6.31. The molecule has 0 spiro atoms. The highest BCUT2D eigenvalue weighted by Crippen LogP contribution is 2.16. The van der Waals surface area contributed by atoms with Crippen molar-refractivity contribution in [2.75, 3.05) is 7.11 Å². The van der Waals surface area contributed by atoms with E-state index in [1.54, 1.807) is 12.1 Å². The lowest BCUT2D eigenvalue weighted by molar-refractivity contribution is 0.408. The molecule has 0 atom stereocenters. The summed E-state index contributed by atoms with van der Waals surface area (Å²) in [5.41, 5.74) is -0.325. The molecule has 18 heavy (non-hydrogen) atoms. The summed E-state index contributed by atoms with van der Waals surface area (Å²) >= 11 is 5.84. The number of benzene rings is 1. The van der Waals surface area contributed by atoms with Crippen molar-refractivity contribution < 1.29 is 4.74 Å². The van der Waals surface area contributed by atoms with Gasteiger partial charge in [-0.2, -0.15) is 0 Å². The number of fused-ring (bicyclic) bond motifs is 1. The van der Waals surface area contributed by atoms with Gasteiger partial charge in [0.05, 0.1) is 18.2 Å². The van der Waals surface area contributed by atoms with E-state index in [2.05, 4.69) is 11.6 Å². The minimum Gasteiger partial charge on any atom is -0.491 e. The molecule has 1 heterocycles. The van der Waals surface area contributed by atoms with Gasteiger partial charge in [-0.3, -0.25) is 9.59 Å². The molecule has 0 bridgehead atoms. The van der Waals surface area contributed by atoms with Crippen LogP contribution in [0.2, 0.25) is 5.02 Å². The van der Waals surface area contributed by atoms with Gasteiger partial charge in [0.2, 0.25) is 0 Å². The second-order valence-electron chi connectivity index (χ2n) is 3.62. The fourth-order valence-corrected chi connectivity index (χ4v) is 1.93. The molecule has 4 nitrogen and oxygen atoms in total. The van der Waals surface area contributed by atoms with E-state index in [1.807, 2.05) is 0 Å². The van der Waals surface area contributed by atoms with Crippen molar-refractivity contribution in [1.29, 1.82) is 0 Å². The second-order valence-corrected chi connectivity index (χ2v) is 4.06. The molecule has 1 aromatic carbocycles. The Morgan fingerprint density at radius 2 is 2.11 bits per heavy atom. The first-order valence-corrected chi connectivity index (χ1v) is 5.52. The van der Waals surface area contributed by atoms with Gasteiger partial charge in [-0.15, -0.1) is 0 Å². The van der Waals surface area contributed by atoms with Crippen molar-refractivity contribution in [3.05, 3.63) is 55.9 Å². The quantitative estimate of drug-likeness (QED) is 0.904. The molecule has 0 amide bonds. The van der Waals surface area contributed by atoms with Crippen molar-refractivity contribution in [3.63, 3.8) is 0 Å². The predicted molar refractivity (Wildman–Crippen MR) is 72.5 cm³/mol. The Hall–Kier alpha value is -2.07. The normalized spacial score (nSPS) is 10.3. The third-order valence-electron chi connectivity index (χ3n) is 2.58. The molecule has 0 aliphatic rings. The number of aromatic amines is 1. The van der Waals surface area contributed by atoms with Crippen LogP contribution in [0.4, 0.5) is 0 Å². The van der Waals surface area contributed by atoms with Crippen molar-refractivity contribution in [3.8, 4) is 5.75 Å². The number of aromatic nitrogens is 1. The van der Waals surface area contributed by atoms with Crippen LogP contribution in [0.15, 0.2) is 34.4 Å². The van der Waals surface area contributed by atoms with Gasteiger partial charge < -0.3 is 9.72 Å². The molecule has 92 valence electrons. The summed E-state index contributed by atoms with van der Waals surface area (Å²) in [5, 5.41) is 0.789. The standard InChI is InChI=1S/C13H10ClNO3/c1-3-8-11(16)9-5-4-7(14)6-10(9)15-13(17)12(8)18-2/h3-6H,1H2,2H3,(H,15,17). The molecule has 2 rings (SSSR count). The smallest absolute Gasteiger partial charge is 0.291 e. The Balaban J connectivity index is 3.14. The molecule has 5 heteroatoms. The maximum absolute atomic E-state index is 12.2. The molecule has 2 aromatic rings. The van der Waals surface area contributed by atoms with Crippen molar-refractivity contribution in [2.24, 2.45) is 0 Å². The lowest BCUT2D eigenvalue weighted by atomic mass is 10.2. The van der Waals surface area contributed by atoms with Gasteiger partial charge in [0.15, 0.2) is 11.2 Å². The molecule has 0 saturated heterocycles. The highest BCUT2D eigenvalue weighted by Gasteiger charge is 2.11. The number of ether oxygens (including phenoxy) is 1. The van der Waals surface area contributed by atoms with Crippen molar-refractivity contribution in [1.82, 2.24) is 4.98 Å². The second kappa shape index (κ2) is 4.66. The average Bonchev–Trinajstić information content (AvgIpc) is 2.43. The van der Waals surface area contributed by atoms with Crippen LogP contribution < -0.4 is 15.7 Å². The number of hydrogen-bond acceptors (Lipinski definition) is 3. The highest BCUT2D eigenvalue weighted by atomic mass is 35.5. The first-order valence-electron chi connectivity index (χ1n) is 5.14. The fraction of sp³-hybridized carbons (Fsp3) is 0.0769. The van der Waals surface area contributed by atoms with Gasteiger partial charge in [-0.05, 0) is 18.2 Å². The Labute approximate surface area is 107 Å². The summed E-state index contributed by atoms with van der Waals surface area (Å²) < 4.78 is 4.96. The van der Waals surface area contributed by atoms with E-state index in [-0.39, 0.29) is 16.7 Å². The first-order chi connectivity index (χ1) is 8.58. The van der Waals surface area contributed by atoms with Gasteiger partial charge in [0.25, 0.3) is 5.56 Å². The van der Waals surface area contributed by atoms with Crippen LogP contribution >= 0.6 is 11.6 Å². The van der Waals surface area contributed by atoms with Crippen LogP contribution in [0.1, 0.15) is 5.56 Å². The maximum Gasteiger partial charge on any atom is 0.291 e. The summed E-state index contributed by atoms with van der Waals surface area (Å²) in [6, 6.07) is 4.66. The molecule has 1 aromatic heterocycles. The van der Waals surface area contributed by atoms with Gasteiger partial charge in [0, 0.05) is 10.4 Å². The van der Waals surface area contributed by atoms with Crippen molar-refractivity contribution >= 4 is 28.6 Å². The zero-order chi connectivity index (χ0) is 13.3. The van der Waals surface area contributed by atoms with Crippen LogP contribution in [0.25, 0.3) is 17.0 Å². The number of rotatable bonds is 2. The van der Waals surface area contributed by atoms with E-state index in [9.17, 15) is 9.59 Å². The van der Waals surface area contributed by atoms with Gasteiger partial charge in [0.1, 0.15) is 0 Å². The third-order valence-corrected chi connectivity index (χ3v) is 2.81. The fourth-order valence-electron chi connectivity index (χ4n) is 1.76. The van der Waals surface area contributed by atoms with E-state index in [0.717, 1.165) is 0 Å². The van der Waals surface area contributed by atoms with E-state index in [0.29, 0.717) is 15.9 Å². The van der Waals surface area contributed by atoms with Crippen LogP contribution in [0.3, 0.4) is 0 Å². The molecule has 1 N–H and O–H groups in total. The van der Waals surface area contributed by atoms with Crippen molar-refractivity contribution in [2.45, 2.75) is 0 Å². The molecule has 0 saturated carbocycles. The van der Waals surface area contributed by atoms with E-state index < -0.39 is 5.56 Å². The van der Waals surface area contributed by atoms with Gasteiger partial charge >= 0.3 is 0 Å². The zero-order valence-electron chi connectivity index (χ0n) is 9.62. The molecule has 0 fully saturated rings. The van der Waals surface area contributed by atoms with Crippen LogP contribution in [-0.4, -0.2) is 12.1 Å². The van der Waals surface area contributed by atoms with Crippen LogP contribution in [0, 0.1) is 0 Å². The molecular weight excluding hydrogens is 254 g/mol. The summed E-state index contributed by atoms with van der Waals surface area (Å²) in [4.78, 5) is 26.7. The number of H-pyrrole nitrogens is 1.